The lowest BCUT2D eigenvalue weighted by atomic mass is 10.1. The third kappa shape index (κ3) is 23.2. The van der Waals surface area contributed by atoms with Crippen LogP contribution in [0.25, 0.3) is 0 Å². The largest absolute Gasteiger partial charge is 0.463 e. The molecule has 7 N–H and O–H groups in total. The Morgan fingerprint density at radius 1 is 0.565 bits per heavy atom. The van der Waals surface area contributed by atoms with Crippen molar-refractivity contribution in [3.63, 3.8) is 0 Å². The molecule has 0 fully saturated rings. The van der Waals surface area contributed by atoms with Gasteiger partial charge < -0.3 is 41.3 Å². The Morgan fingerprint density at radius 2 is 0.978 bits per heavy atom. The first kappa shape index (κ1) is 44.8. The lowest BCUT2D eigenvalue weighted by molar-refractivity contribution is -0.187. The van der Waals surface area contributed by atoms with Gasteiger partial charge in [-0.25, -0.2) is 19.2 Å². The second-order valence-corrected chi connectivity index (χ2v) is 15.2. The van der Waals surface area contributed by atoms with Gasteiger partial charge in [-0.2, -0.15) is 35.3 Å². The predicted octanol–water partition coefficient (Wildman–Crippen LogP) is 2.74. The highest BCUT2D eigenvalue weighted by molar-refractivity contribution is 7.99. The van der Waals surface area contributed by atoms with Gasteiger partial charge >= 0.3 is 23.9 Å². The Morgan fingerprint density at radius 3 is 1.48 bits per heavy atom. The molecule has 0 spiro atoms. The minimum atomic E-state index is -1.40. The SMILES string of the molecule is CC(C)C[C@H](OC(=O)[C@H](CCCSCCN)OC(=O)[C@H](CC(C)C)OC(=O)[C@@H](O)CCCSCCN)C(=O)OCCCSCCN. The van der Waals surface area contributed by atoms with Crippen molar-refractivity contribution < 1.29 is 43.2 Å². The van der Waals surface area contributed by atoms with E-state index < -0.39 is 48.3 Å². The molecule has 0 heterocycles. The maximum Gasteiger partial charge on any atom is 0.348 e. The average molecular weight is 714 g/mol. The molecule has 0 unspecified atom stereocenters. The van der Waals surface area contributed by atoms with Crippen molar-refractivity contribution in [3.05, 3.63) is 0 Å². The minimum Gasteiger partial charge on any atom is -0.463 e. The number of rotatable bonds is 29. The summed E-state index contributed by atoms with van der Waals surface area (Å²) in [6.07, 6.45) is -2.84. The molecule has 0 rings (SSSR count). The molecular weight excluding hydrogens is 655 g/mol. The normalized spacial score (nSPS) is 14.0. The van der Waals surface area contributed by atoms with E-state index in [1.165, 1.54) is 0 Å². The third-order valence-electron chi connectivity index (χ3n) is 6.19. The zero-order valence-electron chi connectivity index (χ0n) is 28.2. The van der Waals surface area contributed by atoms with Crippen LogP contribution in [0.4, 0.5) is 0 Å². The van der Waals surface area contributed by atoms with Crippen LogP contribution in [0.1, 0.15) is 72.6 Å². The van der Waals surface area contributed by atoms with Crippen LogP contribution in [0.5, 0.6) is 0 Å². The summed E-state index contributed by atoms with van der Waals surface area (Å²) in [7, 11) is 0. The van der Waals surface area contributed by atoms with Crippen molar-refractivity contribution in [1.82, 2.24) is 0 Å². The van der Waals surface area contributed by atoms with Crippen LogP contribution in [0.3, 0.4) is 0 Å². The monoisotopic (exact) mass is 713 g/mol. The number of hydrogen-bond donors (Lipinski definition) is 4. The zero-order valence-corrected chi connectivity index (χ0v) is 30.6. The van der Waals surface area contributed by atoms with E-state index in [9.17, 15) is 24.3 Å². The molecule has 0 aliphatic rings. The first-order chi connectivity index (χ1) is 22.0. The Balaban J connectivity index is 5.58. The Hall–Kier alpha value is -1.23. The number of hydrogen-bond acceptors (Lipinski definition) is 15. The zero-order chi connectivity index (χ0) is 34.7. The van der Waals surface area contributed by atoms with Crippen molar-refractivity contribution in [2.24, 2.45) is 29.0 Å². The van der Waals surface area contributed by atoms with Gasteiger partial charge in [-0.05, 0) is 74.0 Å². The van der Waals surface area contributed by atoms with Gasteiger partial charge in [0.25, 0.3) is 0 Å². The summed E-state index contributed by atoms with van der Waals surface area (Å²) < 4.78 is 22.0. The highest BCUT2D eigenvalue weighted by Gasteiger charge is 2.35. The molecule has 0 radical (unpaired) electrons. The molecule has 0 aliphatic carbocycles. The van der Waals surface area contributed by atoms with E-state index in [-0.39, 0.29) is 44.1 Å². The number of ether oxygens (including phenoxy) is 4. The summed E-state index contributed by atoms with van der Waals surface area (Å²) in [5.41, 5.74) is 16.6. The highest BCUT2D eigenvalue weighted by atomic mass is 32.2. The highest BCUT2D eigenvalue weighted by Crippen LogP contribution is 2.19. The smallest absolute Gasteiger partial charge is 0.348 e. The van der Waals surface area contributed by atoms with Crippen molar-refractivity contribution >= 4 is 59.2 Å². The molecule has 0 aromatic carbocycles. The van der Waals surface area contributed by atoms with Crippen LogP contribution in [-0.2, 0) is 38.1 Å². The molecule has 0 aromatic rings. The summed E-state index contributed by atoms with van der Waals surface area (Å²) >= 11 is 4.89. The second-order valence-electron chi connectivity index (χ2n) is 11.6. The van der Waals surface area contributed by atoms with Gasteiger partial charge in [0.15, 0.2) is 24.4 Å². The van der Waals surface area contributed by atoms with Gasteiger partial charge in [0.05, 0.1) is 6.61 Å². The van der Waals surface area contributed by atoms with Crippen LogP contribution in [0.2, 0.25) is 0 Å². The van der Waals surface area contributed by atoms with E-state index >= 15 is 0 Å². The number of esters is 4. The summed E-state index contributed by atoms with van der Waals surface area (Å²) in [6, 6.07) is 0. The first-order valence-corrected chi connectivity index (χ1v) is 19.7. The van der Waals surface area contributed by atoms with Crippen LogP contribution in [0, 0.1) is 11.8 Å². The standard InChI is InChI=1S/C31H59N3O9S3/c1-22(2)20-26(29(37)40-13-7-16-46-19-12-34)43-30(38)25(9-6-15-45-18-11-33)41-31(39)27(21-23(3)4)42-28(36)24(35)8-5-14-44-17-10-32/h22-27,35H,5-21,32-34H2,1-4H3/t24-,25-,26-,27-/m0/s1. The number of aliphatic hydroxyl groups is 1. The molecule has 270 valence electrons. The van der Waals surface area contributed by atoms with Crippen molar-refractivity contribution in [2.45, 2.75) is 97.1 Å². The van der Waals surface area contributed by atoms with Crippen molar-refractivity contribution in [2.75, 3.05) is 60.8 Å². The maximum atomic E-state index is 13.4. The Kier molecular flexibility index (Phi) is 28.0. The van der Waals surface area contributed by atoms with Gasteiger partial charge in [-0.3, -0.25) is 0 Å². The number of carbonyl (C=O) groups is 4. The first-order valence-electron chi connectivity index (χ1n) is 16.3. The second kappa shape index (κ2) is 28.8. The van der Waals surface area contributed by atoms with Gasteiger partial charge in [-0.1, -0.05) is 27.7 Å². The number of carbonyl (C=O) groups excluding carboxylic acids is 4. The fraction of sp³-hybridized carbons (Fsp3) is 0.871. The van der Waals surface area contributed by atoms with Gasteiger partial charge in [0.2, 0.25) is 0 Å². The predicted molar refractivity (Wildman–Crippen MR) is 188 cm³/mol. The average Bonchev–Trinajstić information content (AvgIpc) is 3.00. The van der Waals surface area contributed by atoms with E-state index in [1.54, 1.807) is 35.3 Å². The molecule has 0 saturated carbocycles. The van der Waals surface area contributed by atoms with E-state index in [2.05, 4.69) is 0 Å². The van der Waals surface area contributed by atoms with Gasteiger partial charge in [-0.15, -0.1) is 0 Å². The summed E-state index contributed by atoms with van der Waals surface area (Å²) in [5, 5.41) is 10.3. The summed E-state index contributed by atoms with van der Waals surface area (Å²) in [4.78, 5) is 52.3. The number of aliphatic hydroxyl groups excluding tert-OH is 1. The molecule has 15 heteroatoms. The lowest BCUT2D eigenvalue weighted by Crippen LogP contribution is -2.41. The quantitative estimate of drug-likeness (QED) is 0.0500. The molecule has 0 saturated heterocycles. The van der Waals surface area contributed by atoms with Crippen molar-refractivity contribution in [3.8, 4) is 0 Å². The number of thioether (sulfide) groups is 3. The molecule has 4 atom stereocenters. The number of nitrogens with two attached hydrogens (primary N) is 3. The summed E-state index contributed by atoms with van der Waals surface area (Å²) in [6.45, 7) is 9.29. The maximum absolute atomic E-state index is 13.4. The molecule has 0 aromatic heterocycles. The molecule has 0 bridgehead atoms. The van der Waals surface area contributed by atoms with Crippen LogP contribution >= 0.6 is 35.3 Å². The minimum absolute atomic E-state index is 0.0136. The molecule has 46 heavy (non-hydrogen) atoms. The molecular formula is C31H59N3O9S3. The van der Waals surface area contributed by atoms with Crippen LogP contribution in [-0.4, -0.2) is 114 Å². The van der Waals surface area contributed by atoms with Crippen LogP contribution < -0.4 is 17.2 Å². The lowest BCUT2D eigenvalue weighted by Gasteiger charge is -2.25. The third-order valence-corrected chi connectivity index (χ3v) is 9.50. The van der Waals surface area contributed by atoms with Crippen LogP contribution in [0.15, 0.2) is 0 Å². The molecule has 0 amide bonds. The van der Waals surface area contributed by atoms with E-state index in [0.29, 0.717) is 44.6 Å². The van der Waals surface area contributed by atoms with E-state index in [0.717, 1.165) is 28.8 Å². The molecule has 0 aliphatic heterocycles. The van der Waals surface area contributed by atoms with Gasteiger partial charge in [0.1, 0.15) is 0 Å². The Bertz CT molecular complexity index is 840. The molecule has 12 nitrogen and oxygen atoms in total. The topological polar surface area (TPSA) is 203 Å². The summed E-state index contributed by atoms with van der Waals surface area (Å²) in [5.74, 6) is 1.10. The fourth-order valence-corrected chi connectivity index (χ4v) is 6.14. The Labute approximate surface area is 288 Å². The van der Waals surface area contributed by atoms with Crippen molar-refractivity contribution in [1.29, 1.82) is 0 Å². The fourth-order valence-electron chi connectivity index (χ4n) is 3.97. The van der Waals surface area contributed by atoms with E-state index in [1.807, 2.05) is 27.7 Å². The van der Waals surface area contributed by atoms with Gasteiger partial charge in [0, 0.05) is 36.9 Å². The van der Waals surface area contributed by atoms with E-state index in [4.69, 9.17) is 36.1 Å².